The lowest BCUT2D eigenvalue weighted by molar-refractivity contribution is -0.148. The predicted molar refractivity (Wildman–Crippen MR) is 163 cm³/mol. The van der Waals surface area contributed by atoms with Crippen molar-refractivity contribution in [1.29, 1.82) is 5.26 Å². The number of piperidine rings is 3. The predicted octanol–water partition coefficient (Wildman–Crippen LogP) is 5.11. The number of ether oxygens (including phenoxy) is 1. The first kappa shape index (κ1) is 30.9. The zero-order valence-electron chi connectivity index (χ0n) is 26.4. The van der Waals surface area contributed by atoms with Gasteiger partial charge in [-0.3, -0.25) is 14.5 Å². The highest BCUT2D eigenvalue weighted by molar-refractivity contribution is 5.96. The molecule has 1 aromatic heterocycles. The quantitative estimate of drug-likeness (QED) is 0.447. The van der Waals surface area contributed by atoms with Crippen molar-refractivity contribution in [2.75, 3.05) is 52.5 Å². The van der Waals surface area contributed by atoms with E-state index in [0.717, 1.165) is 103 Å². The first-order valence-electron chi connectivity index (χ1n) is 16.5. The first-order chi connectivity index (χ1) is 20.2. The number of carbonyl (C=O) groups is 2. The summed E-state index contributed by atoms with van der Waals surface area (Å²) in [6, 6.07) is 3.80. The number of nitrogens with zero attached hydrogens (tertiary/aromatic N) is 5. The molecule has 1 spiro atoms. The van der Waals surface area contributed by atoms with Crippen LogP contribution in [0.25, 0.3) is 0 Å². The van der Waals surface area contributed by atoms with E-state index >= 15 is 0 Å². The molecule has 4 aliphatic rings. The van der Waals surface area contributed by atoms with E-state index in [9.17, 15) is 14.9 Å². The van der Waals surface area contributed by atoms with Gasteiger partial charge in [-0.25, -0.2) is 4.98 Å². The summed E-state index contributed by atoms with van der Waals surface area (Å²) in [5.41, 5.74) is 2.67. The van der Waals surface area contributed by atoms with Gasteiger partial charge in [0.2, 0.25) is 5.91 Å². The Hall–Kier alpha value is -2.50. The first-order valence-corrected chi connectivity index (χ1v) is 16.5. The van der Waals surface area contributed by atoms with Crippen LogP contribution in [-0.4, -0.2) is 89.5 Å². The van der Waals surface area contributed by atoms with E-state index in [1.165, 1.54) is 19.3 Å². The highest BCUT2D eigenvalue weighted by Crippen LogP contribution is 2.49. The van der Waals surface area contributed by atoms with Crippen LogP contribution < -0.4 is 0 Å². The molecule has 0 radical (unpaired) electrons. The molecule has 4 fully saturated rings. The number of pyridine rings is 1. The standard InChI is InChI=1S/C34H51N5O3/c1-5-6-7-28-24-38(23-27-8-18-42-19-9-27)30(40)21-34(28)12-16-39(17-13-34)33(4)10-14-37(15-11-33)32(41)31-25(2)20-29(22-35)36-26(31)3/h20,27-28H,5-19,21,23-24H2,1-4H3. The lowest BCUT2D eigenvalue weighted by atomic mass is 9.62. The summed E-state index contributed by atoms with van der Waals surface area (Å²) < 4.78 is 5.56. The lowest BCUT2D eigenvalue weighted by Crippen LogP contribution is -2.60. The minimum absolute atomic E-state index is 0.0337. The summed E-state index contributed by atoms with van der Waals surface area (Å²) in [7, 11) is 0. The average Bonchev–Trinajstić information content (AvgIpc) is 2.98. The van der Waals surface area contributed by atoms with Gasteiger partial charge in [-0.1, -0.05) is 19.8 Å². The van der Waals surface area contributed by atoms with Crippen LogP contribution >= 0.6 is 0 Å². The van der Waals surface area contributed by atoms with E-state index < -0.39 is 0 Å². The molecule has 4 saturated heterocycles. The normalized spacial score (nSPS) is 25.0. The number of hydrogen-bond donors (Lipinski definition) is 0. The third kappa shape index (κ3) is 6.38. The number of rotatable bonds is 7. The monoisotopic (exact) mass is 577 g/mol. The molecule has 8 nitrogen and oxygen atoms in total. The fourth-order valence-corrected chi connectivity index (χ4v) is 8.34. The molecule has 0 aliphatic carbocycles. The Morgan fingerprint density at radius 2 is 1.81 bits per heavy atom. The van der Waals surface area contributed by atoms with E-state index in [4.69, 9.17) is 4.74 Å². The van der Waals surface area contributed by atoms with Crippen molar-refractivity contribution < 1.29 is 14.3 Å². The average molecular weight is 578 g/mol. The lowest BCUT2D eigenvalue weighted by Gasteiger charge is -2.56. The van der Waals surface area contributed by atoms with Crippen LogP contribution in [0.1, 0.15) is 105 Å². The minimum atomic E-state index is 0.0337. The number of amides is 2. The zero-order chi connectivity index (χ0) is 29.9. The molecule has 0 N–H and O–H groups in total. The fourth-order valence-electron chi connectivity index (χ4n) is 8.34. The van der Waals surface area contributed by atoms with E-state index in [0.29, 0.717) is 34.7 Å². The molecule has 42 heavy (non-hydrogen) atoms. The second kappa shape index (κ2) is 13.0. The maximum absolute atomic E-state index is 13.5. The number of hydrogen-bond acceptors (Lipinski definition) is 6. The topological polar surface area (TPSA) is 89.8 Å². The zero-order valence-corrected chi connectivity index (χ0v) is 26.4. The van der Waals surface area contributed by atoms with Crippen molar-refractivity contribution >= 4 is 11.8 Å². The van der Waals surface area contributed by atoms with Crippen LogP contribution in [0, 0.1) is 42.4 Å². The van der Waals surface area contributed by atoms with E-state index in [1.54, 1.807) is 6.07 Å². The molecule has 5 rings (SSSR count). The molecule has 1 atom stereocenters. The molecular weight excluding hydrogens is 526 g/mol. The van der Waals surface area contributed by atoms with Crippen LogP contribution in [0.5, 0.6) is 0 Å². The number of carbonyl (C=O) groups excluding carboxylic acids is 2. The second-order valence-electron chi connectivity index (χ2n) is 13.9. The molecule has 0 aromatic carbocycles. The van der Waals surface area contributed by atoms with Gasteiger partial charge in [0.05, 0.1) is 11.3 Å². The minimum Gasteiger partial charge on any atom is -0.381 e. The molecule has 5 heterocycles. The van der Waals surface area contributed by atoms with Gasteiger partial charge >= 0.3 is 0 Å². The summed E-state index contributed by atoms with van der Waals surface area (Å²) in [5.74, 6) is 1.59. The molecule has 4 aliphatic heterocycles. The Morgan fingerprint density at radius 1 is 1.12 bits per heavy atom. The highest BCUT2D eigenvalue weighted by Gasteiger charge is 2.50. The van der Waals surface area contributed by atoms with E-state index in [1.807, 2.05) is 18.7 Å². The van der Waals surface area contributed by atoms with Crippen LogP contribution in [0.2, 0.25) is 0 Å². The third-order valence-electron chi connectivity index (χ3n) is 11.3. The van der Waals surface area contributed by atoms with E-state index in [2.05, 4.69) is 34.7 Å². The van der Waals surface area contributed by atoms with Gasteiger partial charge < -0.3 is 14.5 Å². The van der Waals surface area contributed by atoms with Gasteiger partial charge in [-0.2, -0.15) is 5.26 Å². The number of nitriles is 1. The summed E-state index contributed by atoms with van der Waals surface area (Å²) in [6.45, 7) is 15.4. The van der Waals surface area contributed by atoms with Crippen molar-refractivity contribution in [2.24, 2.45) is 17.3 Å². The van der Waals surface area contributed by atoms with Gasteiger partial charge in [-0.05, 0) is 108 Å². The second-order valence-corrected chi connectivity index (χ2v) is 13.9. The number of aryl methyl sites for hydroxylation is 2. The largest absolute Gasteiger partial charge is 0.381 e. The van der Waals surface area contributed by atoms with Crippen LogP contribution in [-0.2, 0) is 9.53 Å². The third-order valence-corrected chi connectivity index (χ3v) is 11.3. The Bertz CT molecular complexity index is 1150. The van der Waals surface area contributed by atoms with Crippen molar-refractivity contribution in [1.82, 2.24) is 19.7 Å². The van der Waals surface area contributed by atoms with E-state index in [-0.39, 0.29) is 16.9 Å². The van der Waals surface area contributed by atoms with Crippen molar-refractivity contribution in [3.63, 3.8) is 0 Å². The number of aromatic nitrogens is 1. The van der Waals surface area contributed by atoms with Gasteiger partial charge in [0, 0.05) is 51.4 Å². The molecule has 0 bridgehead atoms. The Kier molecular flexibility index (Phi) is 9.59. The van der Waals surface area contributed by atoms with Crippen molar-refractivity contribution in [3.05, 3.63) is 28.6 Å². The smallest absolute Gasteiger partial charge is 0.255 e. The Morgan fingerprint density at radius 3 is 2.43 bits per heavy atom. The summed E-state index contributed by atoms with van der Waals surface area (Å²) in [6.07, 6.45) is 10.7. The molecule has 8 heteroatoms. The van der Waals surface area contributed by atoms with Crippen LogP contribution in [0.4, 0.5) is 0 Å². The number of likely N-dealkylation sites (tertiary alicyclic amines) is 3. The SMILES string of the molecule is CCCCC1CN(CC2CCOCC2)C(=O)CC12CCN(C1(C)CCN(C(=O)c3c(C)cc(C#N)nc3C)CC1)CC2. The summed E-state index contributed by atoms with van der Waals surface area (Å²) in [5, 5.41) is 9.23. The van der Waals surface area contributed by atoms with Crippen molar-refractivity contribution in [2.45, 2.75) is 97.4 Å². The molecule has 2 amide bonds. The molecule has 1 aromatic rings. The Balaban J connectivity index is 1.20. The van der Waals surface area contributed by atoms with Crippen LogP contribution in [0.15, 0.2) is 6.07 Å². The molecule has 0 saturated carbocycles. The maximum atomic E-state index is 13.5. The summed E-state index contributed by atoms with van der Waals surface area (Å²) >= 11 is 0. The highest BCUT2D eigenvalue weighted by atomic mass is 16.5. The van der Waals surface area contributed by atoms with Gasteiger partial charge in [0.25, 0.3) is 5.91 Å². The van der Waals surface area contributed by atoms with Gasteiger partial charge in [0.1, 0.15) is 11.8 Å². The Labute approximate surface area is 252 Å². The fraction of sp³-hybridized carbons (Fsp3) is 0.765. The molecular formula is C34H51N5O3. The number of unbranched alkanes of at least 4 members (excludes halogenated alkanes) is 1. The summed E-state index contributed by atoms with van der Waals surface area (Å²) in [4.78, 5) is 38.2. The maximum Gasteiger partial charge on any atom is 0.255 e. The molecule has 1 unspecified atom stereocenters. The van der Waals surface area contributed by atoms with Crippen LogP contribution in [0.3, 0.4) is 0 Å². The van der Waals surface area contributed by atoms with Gasteiger partial charge in [0.15, 0.2) is 0 Å². The van der Waals surface area contributed by atoms with Gasteiger partial charge in [-0.15, -0.1) is 0 Å². The van der Waals surface area contributed by atoms with Crippen molar-refractivity contribution in [3.8, 4) is 6.07 Å². The molecule has 230 valence electrons.